The molecule has 0 unspecified atom stereocenters. The van der Waals surface area contributed by atoms with Crippen LogP contribution in [0.3, 0.4) is 0 Å². The minimum Gasteiger partial charge on any atom is -0.379 e. The maximum atomic E-state index is 11.0. The van der Waals surface area contributed by atoms with Gasteiger partial charge in [-0.3, -0.25) is 10.1 Å². The second-order valence-electron chi connectivity index (χ2n) is 3.93. The molecule has 0 radical (unpaired) electrons. The van der Waals surface area contributed by atoms with Crippen molar-refractivity contribution in [1.29, 1.82) is 0 Å². The molecule has 108 valence electrons. The summed E-state index contributed by atoms with van der Waals surface area (Å²) in [4.78, 5) is 10.6. The molecule has 0 aliphatic carbocycles. The van der Waals surface area contributed by atoms with Crippen molar-refractivity contribution in [2.45, 2.75) is 40.0 Å². The van der Waals surface area contributed by atoms with Crippen molar-refractivity contribution < 1.29 is 4.92 Å². The molecule has 0 amide bonds. The lowest BCUT2D eigenvalue weighted by Crippen LogP contribution is -2.09. The fraction of sp³-hybridized carbons (Fsp3) is 0.571. The molecule has 0 fully saturated rings. The number of nitrogens with zero attached hydrogens (tertiary/aromatic N) is 1. The number of nitro benzene ring substituents is 1. The van der Waals surface area contributed by atoms with Gasteiger partial charge in [0.2, 0.25) is 0 Å². The van der Waals surface area contributed by atoms with Gasteiger partial charge < -0.3 is 11.1 Å². The van der Waals surface area contributed by atoms with E-state index in [1.165, 1.54) is 0 Å². The van der Waals surface area contributed by atoms with Gasteiger partial charge in [0.1, 0.15) is 5.69 Å². The van der Waals surface area contributed by atoms with Crippen molar-refractivity contribution in [3.8, 4) is 0 Å². The van der Waals surface area contributed by atoms with E-state index in [1.807, 2.05) is 19.9 Å². The molecule has 0 bridgehead atoms. The van der Waals surface area contributed by atoms with E-state index >= 15 is 0 Å². The van der Waals surface area contributed by atoms with Crippen LogP contribution in [0.1, 0.15) is 39.2 Å². The van der Waals surface area contributed by atoms with Crippen LogP contribution in [0.15, 0.2) is 18.2 Å². The van der Waals surface area contributed by atoms with Crippen molar-refractivity contribution in [3.05, 3.63) is 33.9 Å². The number of nitrogens with two attached hydrogens (primary N) is 1. The van der Waals surface area contributed by atoms with Crippen molar-refractivity contribution in [2.75, 3.05) is 18.4 Å². The fourth-order valence-electron chi connectivity index (χ4n) is 1.65. The summed E-state index contributed by atoms with van der Waals surface area (Å²) in [6.07, 6.45) is 2.65. The lowest BCUT2D eigenvalue weighted by Gasteiger charge is -2.07. The van der Waals surface area contributed by atoms with Gasteiger partial charge in [-0.2, -0.15) is 0 Å². The Balaban J connectivity index is 0.00000154. The summed E-state index contributed by atoms with van der Waals surface area (Å²) in [5, 5.41) is 14.0. The summed E-state index contributed by atoms with van der Waals surface area (Å²) in [5.74, 6) is 0. The quantitative estimate of drug-likeness (QED) is 0.451. The molecule has 1 aromatic rings. The molecule has 5 nitrogen and oxygen atoms in total. The van der Waals surface area contributed by atoms with E-state index in [0.29, 0.717) is 18.8 Å². The Kier molecular flexibility index (Phi) is 9.44. The Hall–Kier alpha value is -1.62. The van der Waals surface area contributed by atoms with E-state index in [9.17, 15) is 10.1 Å². The second kappa shape index (κ2) is 10.3. The first-order chi connectivity index (χ1) is 9.19. The number of rotatable bonds is 7. The SMILES string of the molecule is CC.CCCc1ccc(NCCCN)c([N+](=O)[O-])c1. The number of hydrogen-bond donors (Lipinski definition) is 2. The molecule has 1 aromatic carbocycles. The predicted molar refractivity (Wildman–Crippen MR) is 80.6 cm³/mol. The van der Waals surface area contributed by atoms with Gasteiger partial charge in [-0.05, 0) is 31.0 Å². The van der Waals surface area contributed by atoms with E-state index in [0.717, 1.165) is 24.8 Å². The van der Waals surface area contributed by atoms with Crippen LogP contribution in [0.25, 0.3) is 0 Å². The van der Waals surface area contributed by atoms with Gasteiger partial charge in [-0.15, -0.1) is 0 Å². The summed E-state index contributed by atoms with van der Waals surface area (Å²) >= 11 is 0. The molecule has 0 atom stereocenters. The summed E-state index contributed by atoms with van der Waals surface area (Å²) in [5.41, 5.74) is 7.10. The molecule has 0 aliphatic heterocycles. The molecule has 0 saturated heterocycles. The van der Waals surface area contributed by atoms with Crippen LogP contribution in [0, 0.1) is 10.1 Å². The zero-order valence-corrected chi connectivity index (χ0v) is 12.1. The first-order valence-electron chi connectivity index (χ1n) is 6.90. The van der Waals surface area contributed by atoms with Gasteiger partial charge in [-0.25, -0.2) is 0 Å². The Labute approximate surface area is 115 Å². The molecule has 0 spiro atoms. The largest absolute Gasteiger partial charge is 0.379 e. The molecule has 0 aliphatic rings. The van der Waals surface area contributed by atoms with E-state index in [-0.39, 0.29) is 10.6 Å². The number of aryl methyl sites for hydroxylation is 1. The number of anilines is 1. The van der Waals surface area contributed by atoms with Gasteiger partial charge in [0, 0.05) is 12.6 Å². The minimum absolute atomic E-state index is 0.146. The van der Waals surface area contributed by atoms with Crippen LogP contribution in [0.5, 0.6) is 0 Å². The van der Waals surface area contributed by atoms with Crippen LogP contribution in [0.2, 0.25) is 0 Å². The van der Waals surface area contributed by atoms with Crippen LogP contribution >= 0.6 is 0 Å². The van der Waals surface area contributed by atoms with Crippen LogP contribution < -0.4 is 11.1 Å². The normalized spacial score (nSPS) is 9.47. The summed E-state index contributed by atoms with van der Waals surface area (Å²) in [6, 6.07) is 5.36. The Morgan fingerprint density at radius 3 is 2.58 bits per heavy atom. The van der Waals surface area contributed by atoms with Gasteiger partial charge in [0.05, 0.1) is 4.92 Å². The van der Waals surface area contributed by atoms with Crippen molar-refractivity contribution in [1.82, 2.24) is 0 Å². The molecular formula is C14H25N3O2. The average molecular weight is 267 g/mol. The molecule has 0 heterocycles. The molecule has 0 aromatic heterocycles. The maximum Gasteiger partial charge on any atom is 0.292 e. The predicted octanol–water partition coefficient (Wildman–Crippen LogP) is 3.33. The lowest BCUT2D eigenvalue weighted by molar-refractivity contribution is -0.384. The summed E-state index contributed by atoms with van der Waals surface area (Å²) in [6.45, 7) is 7.29. The Bertz CT molecular complexity index is 381. The third kappa shape index (κ3) is 6.20. The average Bonchev–Trinajstić information content (AvgIpc) is 2.43. The van der Waals surface area contributed by atoms with Crippen molar-refractivity contribution in [2.24, 2.45) is 5.73 Å². The highest BCUT2D eigenvalue weighted by molar-refractivity contribution is 5.62. The number of benzene rings is 1. The van der Waals surface area contributed by atoms with Crippen molar-refractivity contribution in [3.63, 3.8) is 0 Å². The third-order valence-corrected chi connectivity index (χ3v) is 2.49. The van der Waals surface area contributed by atoms with E-state index in [2.05, 4.69) is 12.2 Å². The van der Waals surface area contributed by atoms with Gasteiger partial charge >= 0.3 is 0 Å². The Morgan fingerprint density at radius 1 is 1.37 bits per heavy atom. The molecular weight excluding hydrogens is 242 g/mol. The summed E-state index contributed by atoms with van der Waals surface area (Å²) in [7, 11) is 0. The fourth-order valence-corrected chi connectivity index (χ4v) is 1.65. The van der Waals surface area contributed by atoms with E-state index in [4.69, 9.17) is 5.73 Å². The second-order valence-corrected chi connectivity index (χ2v) is 3.93. The highest BCUT2D eigenvalue weighted by atomic mass is 16.6. The Morgan fingerprint density at radius 2 is 2.05 bits per heavy atom. The smallest absolute Gasteiger partial charge is 0.292 e. The van der Waals surface area contributed by atoms with Crippen LogP contribution in [-0.2, 0) is 6.42 Å². The number of nitro groups is 1. The molecule has 0 saturated carbocycles. The maximum absolute atomic E-state index is 11.0. The molecule has 19 heavy (non-hydrogen) atoms. The first kappa shape index (κ1) is 17.4. The van der Waals surface area contributed by atoms with Gasteiger partial charge in [0.25, 0.3) is 5.69 Å². The van der Waals surface area contributed by atoms with Gasteiger partial charge in [-0.1, -0.05) is 33.3 Å². The highest BCUT2D eigenvalue weighted by Crippen LogP contribution is 2.26. The zero-order chi connectivity index (χ0) is 14.7. The standard InChI is InChI=1S/C12H19N3O2.C2H6/c1-2-4-10-5-6-11(14-8-3-7-13)12(9-10)15(16)17;1-2/h5-6,9,14H,2-4,7-8,13H2,1H3;1-2H3. The lowest BCUT2D eigenvalue weighted by atomic mass is 10.1. The van der Waals surface area contributed by atoms with Gasteiger partial charge in [0.15, 0.2) is 0 Å². The topological polar surface area (TPSA) is 81.2 Å². The number of nitrogens with one attached hydrogen (secondary N) is 1. The summed E-state index contributed by atoms with van der Waals surface area (Å²) < 4.78 is 0. The van der Waals surface area contributed by atoms with Crippen molar-refractivity contribution >= 4 is 11.4 Å². The monoisotopic (exact) mass is 267 g/mol. The van der Waals surface area contributed by atoms with Crippen LogP contribution in [0.4, 0.5) is 11.4 Å². The molecule has 5 heteroatoms. The zero-order valence-electron chi connectivity index (χ0n) is 12.1. The first-order valence-corrected chi connectivity index (χ1v) is 6.90. The molecule has 1 rings (SSSR count). The van der Waals surface area contributed by atoms with E-state index in [1.54, 1.807) is 12.1 Å². The highest BCUT2D eigenvalue weighted by Gasteiger charge is 2.13. The molecule has 3 N–H and O–H groups in total. The van der Waals surface area contributed by atoms with Crippen LogP contribution in [-0.4, -0.2) is 18.0 Å². The number of hydrogen-bond acceptors (Lipinski definition) is 4. The van der Waals surface area contributed by atoms with E-state index < -0.39 is 0 Å². The minimum atomic E-state index is -0.343. The third-order valence-electron chi connectivity index (χ3n) is 2.49.